The van der Waals surface area contributed by atoms with Crippen molar-refractivity contribution < 1.29 is 56.1 Å². The molecular weight excluding hydrogens is 791 g/mol. The van der Waals surface area contributed by atoms with Crippen LogP contribution in [-0.4, -0.2) is 101 Å². The smallest absolute Gasteiger partial charge is 0.416 e. The SMILES string of the molecule is CC(C)(C)OC(=O)NCCN(CCNC(=O)OC(C)(C)C)C(=O)C(NC(=O)OC(C)(C)C)C(=O)N[C@@H](Cc1ccc(C(F)(F)F)cc1)C(=O)Nc1cnc2ccccc2c1. The number of carbonyl (C=O) groups excluding carboxylic acids is 6. The van der Waals surface area contributed by atoms with Gasteiger partial charge in [0.2, 0.25) is 5.91 Å². The number of benzene rings is 2. The molecule has 2 atom stereocenters. The average Bonchev–Trinajstić information content (AvgIpc) is 3.10. The summed E-state index contributed by atoms with van der Waals surface area (Å²) in [5.41, 5.74) is -2.63. The molecule has 16 nitrogen and oxygen atoms in total. The van der Waals surface area contributed by atoms with E-state index in [1.54, 1.807) is 92.6 Å². The summed E-state index contributed by atoms with van der Waals surface area (Å²) < 4.78 is 56.0. The van der Waals surface area contributed by atoms with E-state index in [9.17, 15) is 41.9 Å². The third-order valence-corrected chi connectivity index (χ3v) is 7.79. The molecule has 1 heterocycles. The number of hydrogen-bond acceptors (Lipinski definition) is 10. The fourth-order valence-electron chi connectivity index (χ4n) is 5.29. The van der Waals surface area contributed by atoms with Crippen molar-refractivity contribution >= 4 is 52.6 Å². The van der Waals surface area contributed by atoms with Crippen molar-refractivity contribution in [1.82, 2.24) is 31.2 Å². The number of ether oxygens (including phenoxy) is 3. The van der Waals surface area contributed by atoms with Gasteiger partial charge in [-0.25, -0.2) is 14.4 Å². The summed E-state index contributed by atoms with van der Waals surface area (Å²) in [6.07, 6.45) is -6.40. The number of aromatic nitrogens is 1. The van der Waals surface area contributed by atoms with Gasteiger partial charge in [-0.05, 0) is 92.1 Å². The topological polar surface area (TPSA) is 206 Å². The van der Waals surface area contributed by atoms with E-state index in [-0.39, 0.29) is 43.9 Å². The van der Waals surface area contributed by atoms with Gasteiger partial charge in [-0.15, -0.1) is 0 Å². The minimum atomic E-state index is -4.63. The van der Waals surface area contributed by atoms with Crippen LogP contribution in [-0.2, 0) is 41.2 Å². The zero-order valence-electron chi connectivity index (χ0n) is 35.2. The van der Waals surface area contributed by atoms with Crippen molar-refractivity contribution in [3.05, 3.63) is 71.9 Å². The van der Waals surface area contributed by atoms with Crippen LogP contribution in [0.2, 0.25) is 0 Å². The predicted molar refractivity (Wildman–Crippen MR) is 216 cm³/mol. The molecule has 0 fully saturated rings. The minimum Gasteiger partial charge on any atom is -0.444 e. The van der Waals surface area contributed by atoms with Crippen LogP contribution in [0.1, 0.15) is 73.4 Å². The van der Waals surface area contributed by atoms with Gasteiger partial charge in [0.15, 0.2) is 6.04 Å². The maximum Gasteiger partial charge on any atom is 0.416 e. The maximum atomic E-state index is 14.3. The molecule has 0 saturated carbocycles. The van der Waals surface area contributed by atoms with Crippen LogP contribution in [0, 0.1) is 0 Å². The van der Waals surface area contributed by atoms with Crippen LogP contribution in [0.3, 0.4) is 0 Å². The summed E-state index contributed by atoms with van der Waals surface area (Å²) in [5, 5.41) is 13.1. The fourth-order valence-corrected chi connectivity index (χ4v) is 5.29. The molecule has 1 unspecified atom stereocenters. The largest absolute Gasteiger partial charge is 0.444 e. The zero-order chi connectivity index (χ0) is 45.1. The Morgan fingerprint density at radius 3 is 1.72 bits per heavy atom. The second-order valence-electron chi connectivity index (χ2n) is 16.6. The number of alkyl carbamates (subject to hydrolysis) is 3. The molecule has 60 heavy (non-hydrogen) atoms. The Morgan fingerprint density at radius 2 is 1.20 bits per heavy atom. The zero-order valence-corrected chi connectivity index (χ0v) is 35.2. The van der Waals surface area contributed by atoms with E-state index in [4.69, 9.17) is 14.2 Å². The average molecular weight is 846 g/mol. The van der Waals surface area contributed by atoms with Gasteiger partial charge in [-0.2, -0.15) is 13.2 Å². The standard InChI is InChI=1S/C41H54F3N7O9/c1-38(2,3)58-35(55)45-18-20-51(21-19-46-36(56)59-39(4,5)6)34(54)31(50-37(57)60-40(7,8)9)33(53)49-30(22-25-14-16-27(17-15-25)41(42,43)44)32(52)48-28-23-26-12-10-11-13-29(26)47-24-28/h10-17,23-24,30-31H,18-22H2,1-9H3,(H,45,55)(H,46,56)(H,48,52)(H,49,53)(H,50,57)/t30-,31?/m0/s1. The van der Waals surface area contributed by atoms with Gasteiger partial charge in [0.25, 0.3) is 11.8 Å². The number of fused-ring (bicyclic) bond motifs is 1. The van der Waals surface area contributed by atoms with E-state index in [1.807, 2.05) is 0 Å². The monoisotopic (exact) mass is 845 g/mol. The van der Waals surface area contributed by atoms with E-state index in [0.29, 0.717) is 10.9 Å². The summed E-state index contributed by atoms with van der Waals surface area (Å²) >= 11 is 0. The van der Waals surface area contributed by atoms with Crippen LogP contribution in [0.4, 0.5) is 33.2 Å². The molecule has 19 heteroatoms. The van der Waals surface area contributed by atoms with E-state index in [2.05, 4.69) is 31.6 Å². The number of anilines is 1. The summed E-state index contributed by atoms with van der Waals surface area (Å²) in [6.45, 7) is 13.6. The molecule has 0 bridgehead atoms. The number of hydrogen-bond donors (Lipinski definition) is 5. The number of amides is 6. The van der Waals surface area contributed by atoms with E-state index in [1.165, 1.54) is 6.20 Å². The molecule has 0 aliphatic carbocycles. The highest BCUT2D eigenvalue weighted by atomic mass is 19.4. The first kappa shape index (κ1) is 48.2. The second-order valence-corrected chi connectivity index (χ2v) is 16.6. The molecular formula is C41H54F3N7O9. The number of para-hydroxylation sites is 1. The van der Waals surface area contributed by atoms with Crippen LogP contribution in [0.5, 0.6) is 0 Å². The normalized spacial score (nSPS) is 12.9. The summed E-state index contributed by atoms with van der Waals surface area (Å²) in [4.78, 5) is 85.9. The maximum absolute atomic E-state index is 14.3. The quantitative estimate of drug-likeness (QED) is 0.0990. The number of carbonyl (C=O) groups is 6. The highest BCUT2D eigenvalue weighted by molar-refractivity contribution is 6.08. The molecule has 2 aromatic carbocycles. The Labute approximate surface area is 346 Å². The fraction of sp³-hybridized carbons (Fsp3) is 0.488. The van der Waals surface area contributed by atoms with Crippen LogP contribution in [0.15, 0.2) is 60.8 Å². The molecule has 3 aromatic rings. The first-order valence-corrected chi connectivity index (χ1v) is 19.0. The highest BCUT2D eigenvalue weighted by Crippen LogP contribution is 2.29. The van der Waals surface area contributed by atoms with Gasteiger partial charge < -0.3 is 45.7 Å². The molecule has 0 spiro atoms. The Kier molecular flexibility index (Phi) is 16.2. The number of halogens is 3. The van der Waals surface area contributed by atoms with E-state index < -0.39 is 76.6 Å². The lowest BCUT2D eigenvalue weighted by Gasteiger charge is -2.30. The predicted octanol–water partition coefficient (Wildman–Crippen LogP) is 5.69. The number of pyridine rings is 1. The lowest BCUT2D eigenvalue weighted by Crippen LogP contribution is -2.60. The molecule has 0 aliphatic heterocycles. The van der Waals surface area contributed by atoms with Crippen LogP contribution in [0.25, 0.3) is 10.9 Å². The summed E-state index contributed by atoms with van der Waals surface area (Å²) in [7, 11) is 0. The van der Waals surface area contributed by atoms with Crippen molar-refractivity contribution in [2.45, 2.75) is 104 Å². The Balaban J connectivity index is 1.99. The molecule has 3 rings (SSSR count). The van der Waals surface area contributed by atoms with Gasteiger partial charge in [0.05, 0.1) is 23.0 Å². The van der Waals surface area contributed by atoms with Crippen molar-refractivity contribution in [3.8, 4) is 0 Å². The molecule has 0 aliphatic rings. The van der Waals surface area contributed by atoms with Crippen molar-refractivity contribution in [2.75, 3.05) is 31.5 Å². The number of nitrogens with one attached hydrogen (secondary N) is 5. The molecule has 0 saturated heterocycles. The highest BCUT2D eigenvalue weighted by Gasteiger charge is 2.37. The van der Waals surface area contributed by atoms with Crippen LogP contribution < -0.4 is 26.6 Å². The van der Waals surface area contributed by atoms with Gasteiger partial charge in [-0.3, -0.25) is 19.4 Å². The molecule has 328 valence electrons. The Bertz CT molecular complexity index is 1960. The number of nitrogens with zero attached hydrogens (tertiary/aromatic N) is 2. The number of rotatable bonds is 14. The van der Waals surface area contributed by atoms with E-state index >= 15 is 0 Å². The number of alkyl halides is 3. The minimum absolute atomic E-state index is 0.202. The van der Waals surface area contributed by atoms with Gasteiger partial charge in [-0.1, -0.05) is 30.3 Å². The third kappa shape index (κ3) is 17.0. The summed E-state index contributed by atoms with van der Waals surface area (Å²) in [5.74, 6) is -3.06. The summed E-state index contributed by atoms with van der Waals surface area (Å²) in [6, 6.07) is 9.02. The molecule has 5 N–H and O–H groups in total. The first-order chi connectivity index (χ1) is 27.7. The lowest BCUT2D eigenvalue weighted by molar-refractivity contribution is -0.140. The van der Waals surface area contributed by atoms with Gasteiger partial charge >= 0.3 is 24.5 Å². The van der Waals surface area contributed by atoms with Crippen molar-refractivity contribution in [1.29, 1.82) is 0 Å². The Morgan fingerprint density at radius 1 is 0.683 bits per heavy atom. The van der Waals surface area contributed by atoms with Crippen LogP contribution >= 0.6 is 0 Å². The first-order valence-electron chi connectivity index (χ1n) is 19.0. The lowest BCUT2D eigenvalue weighted by atomic mass is 10.0. The molecule has 6 amide bonds. The molecule has 1 aromatic heterocycles. The Hall–Kier alpha value is -6.14. The molecule has 0 radical (unpaired) electrons. The van der Waals surface area contributed by atoms with Crippen molar-refractivity contribution in [2.24, 2.45) is 0 Å². The third-order valence-electron chi connectivity index (χ3n) is 7.79. The van der Waals surface area contributed by atoms with Gasteiger partial charge in [0, 0.05) is 38.0 Å². The second kappa shape index (κ2) is 20.2. The van der Waals surface area contributed by atoms with Crippen molar-refractivity contribution in [3.63, 3.8) is 0 Å². The van der Waals surface area contributed by atoms with Gasteiger partial charge in [0.1, 0.15) is 22.8 Å². The van der Waals surface area contributed by atoms with E-state index in [0.717, 1.165) is 29.2 Å².